The van der Waals surface area contributed by atoms with E-state index in [2.05, 4.69) is 15.4 Å². The summed E-state index contributed by atoms with van der Waals surface area (Å²) < 4.78 is 48.7. The summed E-state index contributed by atoms with van der Waals surface area (Å²) in [6.45, 7) is 2.77. The number of nitrogens with zero attached hydrogens (tertiary/aromatic N) is 4. The highest BCUT2D eigenvalue weighted by Gasteiger charge is 2.44. The standard InChI is InChI=1S/C24H23F3N6O3/c1-11(12-2-3-12)32-8-14-6-13(7-16(24(25,26)27)18(14)23(32)35)17-4-5-33-21(30-17)19(20(28)31-33)22(34)29-15-9-36-10-15/h4-7,11-12,15H,2-3,8-10H2,1H3,(H2,28,31)(H,29,34)/t11-/m0/s1. The average Bonchev–Trinajstić information content (AvgIpc) is 3.52. The Kier molecular flexibility index (Phi) is 5.01. The molecule has 2 amide bonds. The Morgan fingerprint density at radius 1 is 1.28 bits per heavy atom. The van der Waals surface area contributed by atoms with Gasteiger partial charge in [0.05, 0.1) is 36.1 Å². The second-order valence-corrected chi connectivity index (χ2v) is 9.62. The number of hydrogen-bond donors (Lipinski definition) is 2. The number of nitrogen functional groups attached to an aromatic ring is 1. The van der Waals surface area contributed by atoms with Crippen molar-refractivity contribution in [2.75, 3.05) is 18.9 Å². The predicted octanol–water partition coefficient (Wildman–Crippen LogP) is 2.88. The van der Waals surface area contributed by atoms with Crippen molar-refractivity contribution < 1.29 is 27.5 Å². The molecule has 1 atom stereocenters. The molecule has 188 valence electrons. The van der Waals surface area contributed by atoms with Crippen molar-refractivity contribution in [3.63, 3.8) is 0 Å². The minimum absolute atomic E-state index is 0.0422. The highest BCUT2D eigenvalue weighted by atomic mass is 19.4. The van der Waals surface area contributed by atoms with Gasteiger partial charge in [0.2, 0.25) is 0 Å². The second kappa shape index (κ2) is 7.92. The summed E-state index contributed by atoms with van der Waals surface area (Å²) in [4.78, 5) is 31.8. The summed E-state index contributed by atoms with van der Waals surface area (Å²) in [5.74, 6) is -0.794. The molecule has 2 fully saturated rings. The Labute approximate surface area is 203 Å². The first kappa shape index (κ1) is 22.8. The maximum absolute atomic E-state index is 14.1. The molecule has 1 aliphatic carbocycles. The van der Waals surface area contributed by atoms with Crippen LogP contribution in [0.2, 0.25) is 0 Å². The maximum Gasteiger partial charge on any atom is 0.417 e. The van der Waals surface area contributed by atoms with E-state index in [4.69, 9.17) is 10.5 Å². The van der Waals surface area contributed by atoms with Gasteiger partial charge in [-0.3, -0.25) is 9.59 Å². The van der Waals surface area contributed by atoms with Crippen molar-refractivity contribution in [3.8, 4) is 11.3 Å². The van der Waals surface area contributed by atoms with Crippen molar-refractivity contribution in [2.45, 2.75) is 44.6 Å². The molecule has 1 aromatic carbocycles. The maximum atomic E-state index is 14.1. The smallest absolute Gasteiger partial charge is 0.381 e. The van der Waals surface area contributed by atoms with Gasteiger partial charge >= 0.3 is 6.18 Å². The number of amides is 2. The summed E-state index contributed by atoms with van der Waals surface area (Å²) in [5.41, 5.74) is 5.56. The molecule has 6 rings (SSSR count). The van der Waals surface area contributed by atoms with Gasteiger partial charge in [-0.25, -0.2) is 9.50 Å². The lowest BCUT2D eigenvalue weighted by atomic mass is 9.97. The van der Waals surface area contributed by atoms with Gasteiger partial charge in [0.15, 0.2) is 11.5 Å². The molecule has 36 heavy (non-hydrogen) atoms. The van der Waals surface area contributed by atoms with E-state index in [0.29, 0.717) is 24.7 Å². The summed E-state index contributed by atoms with van der Waals surface area (Å²) in [7, 11) is 0. The molecule has 3 N–H and O–H groups in total. The predicted molar refractivity (Wildman–Crippen MR) is 122 cm³/mol. The quantitative estimate of drug-likeness (QED) is 0.557. The molecule has 12 heteroatoms. The van der Waals surface area contributed by atoms with E-state index in [1.165, 1.54) is 21.7 Å². The molecule has 3 aromatic rings. The number of nitrogens with two attached hydrogens (primary N) is 1. The summed E-state index contributed by atoms with van der Waals surface area (Å²) >= 11 is 0. The number of aromatic nitrogens is 3. The van der Waals surface area contributed by atoms with Crippen LogP contribution in [0.4, 0.5) is 19.0 Å². The molecular formula is C24H23F3N6O3. The van der Waals surface area contributed by atoms with E-state index in [9.17, 15) is 22.8 Å². The molecule has 0 spiro atoms. The summed E-state index contributed by atoms with van der Waals surface area (Å²) in [5, 5.41) is 6.88. The van der Waals surface area contributed by atoms with Crippen LogP contribution in [0, 0.1) is 5.92 Å². The number of rotatable bonds is 5. The molecule has 1 saturated heterocycles. The molecule has 9 nitrogen and oxygen atoms in total. The minimum atomic E-state index is -4.73. The van der Waals surface area contributed by atoms with E-state index in [1.54, 1.807) is 6.07 Å². The topological polar surface area (TPSA) is 115 Å². The third-order valence-electron chi connectivity index (χ3n) is 7.14. The lowest BCUT2D eigenvalue weighted by molar-refractivity contribution is -0.137. The lowest BCUT2D eigenvalue weighted by Gasteiger charge is -2.26. The highest BCUT2D eigenvalue weighted by molar-refractivity contribution is 6.04. The minimum Gasteiger partial charge on any atom is -0.381 e. The summed E-state index contributed by atoms with van der Waals surface area (Å²) in [6, 6.07) is 3.75. The summed E-state index contributed by atoms with van der Waals surface area (Å²) in [6.07, 6.45) is -1.29. The molecule has 0 unspecified atom stereocenters. The van der Waals surface area contributed by atoms with Gasteiger partial charge in [-0.2, -0.15) is 13.2 Å². The van der Waals surface area contributed by atoms with Gasteiger partial charge in [0.1, 0.15) is 5.56 Å². The number of anilines is 1. The zero-order valence-corrected chi connectivity index (χ0v) is 19.3. The molecule has 1 saturated carbocycles. The molecule has 3 aliphatic rings. The zero-order chi connectivity index (χ0) is 25.4. The Morgan fingerprint density at radius 3 is 2.67 bits per heavy atom. The zero-order valence-electron chi connectivity index (χ0n) is 19.3. The highest BCUT2D eigenvalue weighted by Crippen LogP contribution is 2.43. The van der Waals surface area contributed by atoms with Crippen LogP contribution < -0.4 is 11.1 Å². The molecule has 2 aromatic heterocycles. The van der Waals surface area contributed by atoms with Crippen LogP contribution in [-0.4, -0.2) is 56.6 Å². The average molecular weight is 500 g/mol. The van der Waals surface area contributed by atoms with E-state index in [-0.39, 0.29) is 52.5 Å². The first-order valence-electron chi connectivity index (χ1n) is 11.7. The van der Waals surface area contributed by atoms with Gasteiger partial charge < -0.3 is 20.7 Å². The number of fused-ring (bicyclic) bond motifs is 2. The SMILES string of the molecule is C[C@@H](C1CC1)N1Cc2cc(-c3ccn4nc(N)c(C(=O)NC5COC5)c4n3)cc(C(F)(F)F)c2C1=O. The third kappa shape index (κ3) is 3.67. The molecule has 0 radical (unpaired) electrons. The van der Waals surface area contributed by atoms with E-state index in [0.717, 1.165) is 18.9 Å². The van der Waals surface area contributed by atoms with Crippen molar-refractivity contribution in [3.05, 3.63) is 46.6 Å². The van der Waals surface area contributed by atoms with Gasteiger partial charge in [-0.1, -0.05) is 0 Å². The first-order chi connectivity index (χ1) is 17.1. The number of alkyl halides is 3. The van der Waals surface area contributed by atoms with Crippen molar-refractivity contribution in [1.29, 1.82) is 0 Å². The number of hydrogen-bond acceptors (Lipinski definition) is 6. The van der Waals surface area contributed by atoms with Crippen LogP contribution in [0.1, 0.15) is 51.6 Å². The van der Waals surface area contributed by atoms with Crippen molar-refractivity contribution in [1.82, 2.24) is 24.8 Å². The van der Waals surface area contributed by atoms with E-state index >= 15 is 0 Å². The fourth-order valence-electron chi connectivity index (χ4n) is 4.91. The van der Waals surface area contributed by atoms with Gasteiger partial charge in [0, 0.05) is 24.3 Å². The first-order valence-corrected chi connectivity index (χ1v) is 11.7. The van der Waals surface area contributed by atoms with Crippen LogP contribution >= 0.6 is 0 Å². The molecule has 0 bridgehead atoms. The van der Waals surface area contributed by atoms with E-state index < -0.39 is 23.6 Å². The van der Waals surface area contributed by atoms with Gasteiger partial charge in [0.25, 0.3) is 11.8 Å². The Balaban J connectivity index is 1.43. The molecule has 2 aliphatic heterocycles. The van der Waals surface area contributed by atoms with Gasteiger partial charge in [-0.15, -0.1) is 5.10 Å². The fourth-order valence-corrected chi connectivity index (χ4v) is 4.91. The monoisotopic (exact) mass is 500 g/mol. The van der Waals surface area contributed by atoms with Crippen molar-refractivity contribution in [2.24, 2.45) is 5.92 Å². The lowest BCUT2D eigenvalue weighted by Crippen LogP contribution is -2.48. The molecule has 4 heterocycles. The number of halogens is 3. The van der Waals surface area contributed by atoms with Crippen LogP contribution in [0.15, 0.2) is 24.4 Å². The largest absolute Gasteiger partial charge is 0.417 e. The Hall–Kier alpha value is -3.67. The Morgan fingerprint density at radius 2 is 2.03 bits per heavy atom. The van der Waals surface area contributed by atoms with Crippen molar-refractivity contribution >= 4 is 23.3 Å². The number of nitrogens with one attached hydrogen (secondary N) is 1. The second-order valence-electron chi connectivity index (χ2n) is 9.62. The Bertz CT molecular complexity index is 1410. The van der Waals surface area contributed by atoms with Crippen LogP contribution in [0.5, 0.6) is 0 Å². The van der Waals surface area contributed by atoms with Crippen LogP contribution in [-0.2, 0) is 17.5 Å². The number of benzene rings is 1. The fraction of sp³-hybridized carbons (Fsp3) is 0.417. The van der Waals surface area contributed by atoms with Gasteiger partial charge in [-0.05, 0) is 49.4 Å². The number of carbonyl (C=O) groups is 2. The van der Waals surface area contributed by atoms with Crippen LogP contribution in [0.3, 0.4) is 0 Å². The van der Waals surface area contributed by atoms with Crippen LogP contribution in [0.25, 0.3) is 16.9 Å². The number of ether oxygens (including phenoxy) is 1. The molecular weight excluding hydrogens is 477 g/mol. The van der Waals surface area contributed by atoms with E-state index in [1.807, 2.05) is 6.92 Å². The third-order valence-corrected chi connectivity index (χ3v) is 7.14. The normalized spacial score (nSPS) is 18.9. The number of carbonyl (C=O) groups excluding carboxylic acids is 2.